The van der Waals surface area contributed by atoms with Gasteiger partial charge in [0.25, 0.3) is 0 Å². The van der Waals surface area contributed by atoms with Gasteiger partial charge in [-0.2, -0.15) is 13.2 Å². The van der Waals surface area contributed by atoms with Gasteiger partial charge in [0.15, 0.2) is 0 Å². The maximum atomic E-state index is 12.4. The Kier molecular flexibility index (Phi) is 4.82. The van der Waals surface area contributed by atoms with Crippen LogP contribution in [0.15, 0.2) is 24.3 Å². The second-order valence-electron chi connectivity index (χ2n) is 5.42. The van der Waals surface area contributed by atoms with Crippen molar-refractivity contribution in [1.82, 2.24) is 4.90 Å². The molecule has 0 aromatic heterocycles. The van der Waals surface area contributed by atoms with E-state index < -0.39 is 29.5 Å². The molecular formula is C15H16F3NO4. The number of alkyl halides is 3. The first-order valence-electron chi connectivity index (χ1n) is 6.98. The number of carbonyl (C=O) groups excluding carboxylic acids is 1. The van der Waals surface area contributed by atoms with Crippen molar-refractivity contribution in [3.63, 3.8) is 0 Å². The normalized spacial score (nSPS) is 20.0. The number of carbonyl (C=O) groups is 2. The number of hydrogen-bond acceptors (Lipinski definition) is 3. The third-order valence-electron chi connectivity index (χ3n) is 3.68. The second kappa shape index (κ2) is 6.47. The summed E-state index contributed by atoms with van der Waals surface area (Å²) in [4.78, 5) is 24.0. The molecule has 8 heteroatoms. The Bertz CT molecular complexity index is 585. The summed E-state index contributed by atoms with van der Waals surface area (Å²) in [5.41, 5.74) is -0.759. The predicted molar refractivity (Wildman–Crippen MR) is 73.8 cm³/mol. The highest BCUT2D eigenvalue weighted by Gasteiger charge is 2.49. The first-order chi connectivity index (χ1) is 10.7. The molecule has 126 valence electrons. The summed E-state index contributed by atoms with van der Waals surface area (Å²) in [6.07, 6.45) is -4.05. The maximum Gasteiger partial charge on any atom is 0.416 e. The van der Waals surface area contributed by atoms with Crippen molar-refractivity contribution in [3.8, 4) is 5.75 Å². The Labute approximate surface area is 130 Å². The molecule has 0 spiro atoms. The maximum absolute atomic E-state index is 12.4. The zero-order valence-electron chi connectivity index (χ0n) is 12.3. The van der Waals surface area contributed by atoms with Gasteiger partial charge in [-0.3, -0.25) is 9.59 Å². The lowest BCUT2D eigenvalue weighted by Gasteiger charge is -2.17. The molecule has 1 amide bonds. The molecule has 23 heavy (non-hydrogen) atoms. The molecule has 1 aliphatic carbocycles. The number of halogens is 3. The summed E-state index contributed by atoms with van der Waals surface area (Å²) in [5, 5.41) is 8.78. The monoisotopic (exact) mass is 331 g/mol. The molecule has 1 fully saturated rings. The first kappa shape index (κ1) is 17.1. The van der Waals surface area contributed by atoms with Crippen molar-refractivity contribution >= 4 is 11.9 Å². The highest BCUT2D eigenvalue weighted by Crippen LogP contribution is 2.39. The number of likely N-dealkylation sites (N-methyl/N-ethyl adjacent to an activating group) is 1. The van der Waals surface area contributed by atoms with Gasteiger partial charge in [-0.15, -0.1) is 0 Å². The zero-order valence-corrected chi connectivity index (χ0v) is 12.3. The molecule has 0 radical (unpaired) electrons. The SMILES string of the molecule is CN(CCOc1ccc(C(F)(F)F)cc1)C(=O)C1CC1C(=O)O. The number of aliphatic carboxylic acids is 1. The molecule has 1 saturated carbocycles. The van der Waals surface area contributed by atoms with Gasteiger partial charge in [0.2, 0.25) is 5.91 Å². The lowest BCUT2D eigenvalue weighted by atomic mass is 10.2. The van der Waals surface area contributed by atoms with Crippen LogP contribution >= 0.6 is 0 Å². The van der Waals surface area contributed by atoms with Crippen molar-refractivity contribution < 1.29 is 32.6 Å². The summed E-state index contributed by atoms with van der Waals surface area (Å²) < 4.78 is 42.5. The highest BCUT2D eigenvalue weighted by molar-refractivity contribution is 5.89. The Balaban J connectivity index is 1.76. The molecule has 1 aromatic carbocycles. The largest absolute Gasteiger partial charge is 0.492 e. The van der Waals surface area contributed by atoms with Gasteiger partial charge in [-0.1, -0.05) is 0 Å². The summed E-state index contributed by atoms with van der Waals surface area (Å²) >= 11 is 0. The predicted octanol–water partition coefficient (Wildman–Crippen LogP) is 2.26. The topological polar surface area (TPSA) is 66.8 Å². The van der Waals surface area contributed by atoms with Crippen molar-refractivity contribution in [2.24, 2.45) is 11.8 Å². The third-order valence-corrected chi connectivity index (χ3v) is 3.68. The summed E-state index contributed by atoms with van der Waals surface area (Å²) in [5.74, 6) is -2.05. The van der Waals surface area contributed by atoms with E-state index in [4.69, 9.17) is 9.84 Å². The van der Waals surface area contributed by atoms with E-state index in [0.717, 1.165) is 12.1 Å². The van der Waals surface area contributed by atoms with Crippen LogP contribution in [0.25, 0.3) is 0 Å². The van der Waals surface area contributed by atoms with E-state index in [1.54, 1.807) is 0 Å². The van der Waals surface area contributed by atoms with E-state index in [2.05, 4.69) is 0 Å². The van der Waals surface area contributed by atoms with Crippen molar-refractivity contribution in [2.75, 3.05) is 20.2 Å². The van der Waals surface area contributed by atoms with Gasteiger partial charge in [0.05, 0.1) is 23.9 Å². The van der Waals surface area contributed by atoms with Crippen LogP contribution in [0.3, 0.4) is 0 Å². The number of amides is 1. The van der Waals surface area contributed by atoms with Crippen LogP contribution in [0.4, 0.5) is 13.2 Å². The minimum Gasteiger partial charge on any atom is -0.492 e. The van der Waals surface area contributed by atoms with Crippen LogP contribution in [-0.2, 0) is 15.8 Å². The van der Waals surface area contributed by atoms with E-state index in [1.165, 1.54) is 24.1 Å². The third kappa shape index (κ3) is 4.37. The number of hydrogen-bond donors (Lipinski definition) is 1. The molecule has 0 bridgehead atoms. The molecule has 0 aliphatic heterocycles. The Morgan fingerprint density at radius 1 is 1.26 bits per heavy atom. The van der Waals surface area contributed by atoms with E-state index in [0.29, 0.717) is 6.42 Å². The van der Waals surface area contributed by atoms with Gasteiger partial charge < -0.3 is 14.7 Å². The minimum absolute atomic E-state index is 0.109. The fourth-order valence-corrected chi connectivity index (χ4v) is 2.17. The van der Waals surface area contributed by atoms with Crippen LogP contribution in [0.5, 0.6) is 5.75 Å². The molecule has 2 unspecified atom stereocenters. The van der Waals surface area contributed by atoms with Crippen LogP contribution in [0.1, 0.15) is 12.0 Å². The number of ether oxygens (including phenoxy) is 1. The average Bonchev–Trinajstić information content (AvgIpc) is 3.26. The molecule has 1 N–H and O–H groups in total. The molecule has 1 aromatic rings. The average molecular weight is 331 g/mol. The lowest BCUT2D eigenvalue weighted by Crippen LogP contribution is -2.32. The Morgan fingerprint density at radius 2 is 1.87 bits per heavy atom. The van der Waals surface area contributed by atoms with Gasteiger partial charge >= 0.3 is 12.1 Å². The van der Waals surface area contributed by atoms with Crippen LogP contribution < -0.4 is 4.74 Å². The van der Waals surface area contributed by atoms with Gasteiger partial charge in [-0.25, -0.2) is 0 Å². The summed E-state index contributed by atoms with van der Waals surface area (Å²) in [7, 11) is 1.54. The number of carboxylic acids is 1. The standard InChI is InChI=1S/C15H16F3NO4/c1-19(13(20)11-8-12(11)14(21)22)6-7-23-10-4-2-9(3-5-10)15(16,17)18/h2-5,11-12H,6-8H2,1H3,(H,21,22). The molecule has 1 aliphatic rings. The molecular weight excluding hydrogens is 315 g/mol. The molecule has 2 rings (SSSR count). The molecule has 0 saturated heterocycles. The van der Waals surface area contributed by atoms with Gasteiger partial charge in [0.1, 0.15) is 12.4 Å². The van der Waals surface area contributed by atoms with Crippen molar-refractivity contribution in [2.45, 2.75) is 12.6 Å². The highest BCUT2D eigenvalue weighted by atomic mass is 19.4. The minimum atomic E-state index is -4.39. The quantitative estimate of drug-likeness (QED) is 0.868. The Morgan fingerprint density at radius 3 is 2.35 bits per heavy atom. The number of rotatable bonds is 6. The van der Waals surface area contributed by atoms with Gasteiger partial charge in [0, 0.05) is 7.05 Å². The fraction of sp³-hybridized carbons (Fsp3) is 0.467. The fourth-order valence-electron chi connectivity index (χ4n) is 2.17. The van der Waals surface area contributed by atoms with E-state index in [-0.39, 0.29) is 24.8 Å². The van der Waals surface area contributed by atoms with Gasteiger partial charge in [-0.05, 0) is 30.7 Å². The Hall–Kier alpha value is -2.25. The zero-order chi connectivity index (χ0) is 17.2. The van der Waals surface area contributed by atoms with E-state index in [9.17, 15) is 22.8 Å². The second-order valence-corrected chi connectivity index (χ2v) is 5.42. The molecule has 2 atom stereocenters. The van der Waals surface area contributed by atoms with E-state index >= 15 is 0 Å². The van der Waals surface area contributed by atoms with Crippen LogP contribution in [0.2, 0.25) is 0 Å². The number of carboxylic acid groups (broad SMARTS) is 1. The van der Waals surface area contributed by atoms with Crippen LogP contribution in [0, 0.1) is 11.8 Å². The number of benzene rings is 1. The molecule has 0 heterocycles. The summed E-state index contributed by atoms with van der Waals surface area (Å²) in [6, 6.07) is 4.27. The molecule has 5 nitrogen and oxygen atoms in total. The first-order valence-corrected chi connectivity index (χ1v) is 6.98. The number of nitrogens with zero attached hydrogens (tertiary/aromatic N) is 1. The van der Waals surface area contributed by atoms with E-state index in [1.807, 2.05) is 0 Å². The van der Waals surface area contributed by atoms with Crippen molar-refractivity contribution in [3.05, 3.63) is 29.8 Å². The summed E-state index contributed by atoms with van der Waals surface area (Å²) in [6.45, 7) is 0.334. The smallest absolute Gasteiger partial charge is 0.416 e. The van der Waals surface area contributed by atoms with Crippen LogP contribution in [-0.4, -0.2) is 42.1 Å². The van der Waals surface area contributed by atoms with Crippen molar-refractivity contribution in [1.29, 1.82) is 0 Å². The lowest BCUT2D eigenvalue weighted by molar-refractivity contribution is -0.141.